The maximum absolute atomic E-state index is 11.9. The summed E-state index contributed by atoms with van der Waals surface area (Å²) in [4.78, 5) is 16.3. The molecule has 2 amide bonds. The predicted molar refractivity (Wildman–Crippen MR) is 100.0 cm³/mol. The molecule has 0 aliphatic carbocycles. The normalized spacial score (nSPS) is 10.9. The second kappa shape index (κ2) is 9.84. The van der Waals surface area contributed by atoms with E-state index in [-0.39, 0.29) is 6.03 Å². The van der Waals surface area contributed by atoms with Crippen molar-refractivity contribution in [2.75, 3.05) is 25.1 Å². The van der Waals surface area contributed by atoms with Crippen LogP contribution in [0.1, 0.15) is 44.5 Å². The Hall–Kier alpha value is -2.34. The Bertz CT molecular complexity index is 667. The quantitative estimate of drug-likeness (QED) is 0.683. The fourth-order valence-electron chi connectivity index (χ4n) is 2.60. The van der Waals surface area contributed by atoms with Gasteiger partial charge in [0.2, 0.25) is 0 Å². The molecule has 136 valence electrons. The third-order valence-electron chi connectivity index (χ3n) is 3.76. The van der Waals surface area contributed by atoms with Crippen LogP contribution in [0.3, 0.4) is 0 Å². The lowest BCUT2D eigenvalue weighted by atomic mass is 10.1. The van der Waals surface area contributed by atoms with Gasteiger partial charge in [0.15, 0.2) is 0 Å². The van der Waals surface area contributed by atoms with Crippen LogP contribution >= 0.6 is 0 Å². The third kappa shape index (κ3) is 6.23. The van der Waals surface area contributed by atoms with E-state index in [1.165, 1.54) is 0 Å². The molecule has 1 heterocycles. The van der Waals surface area contributed by atoms with Crippen LogP contribution in [0.4, 0.5) is 10.5 Å². The summed E-state index contributed by atoms with van der Waals surface area (Å²) in [6.45, 7) is 8.92. The number of anilines is 1. The number of hydrogen-bond donors (Lipinski definition) is 2. The van der Waals surface area contributed by atoms with Crippen LogP contribution in [0.15, 0.2) is 36.7 Å². The zero-order chi connectivity index (χ0) is 18.1. The average Bonchev–Trinajstić information content (AvgIpc) is 3.03. The van der Waals surface area contributed by atoms with Crippen LogP contribution in [-0.2, 0) is 11.3 Å². The lowest BCUT2D eigenvalue weighted by Crippen LogP contribution is -2.30. The monoisotopic (exact) mass is 344 g/mol. The Kier molecular flexibility index (Phi) is 7.47. The second-order valence-electron chi connectivity index (χ2n) is 6.20. The Morgan fingerprint density at radius 3 is 2.96 bits per heavy atom. The van der Waals surface area contributed by atoms with E-state index in [2.05, 4.69) is 40.1 Å². The number of nitrogens with one attached hydrogen (secondary N) is 2. The molecule has 0 spiro atoms. The number of urea groups is 1. The van der Waals surface area contributed by atoms with Crippen molar-refractivity contribution >= 4 is 11.7 Å². The van der Waals surface area contributed by atoms with Gasteiger partial charge in [0, 0.05) is 50.3 Å². The minimum Gasteiger partial charge on any atom is -0.382 e. The summed E-state index contributed by atoms with van der Waals surface area (Å²) in [6.07, 6.45) is 4.62. The van der Waals surface area contributed by atoms with Gasteiger partial charge in [-0.05, 0) is 31.0 Å². The Balaban J connectivity index is 1.88. The third-order valence-corrected chi connectivity index (χ3v) is 3.76. The summed E-state index contributed by atoms with van der Waals surface area (Å²) >= 11 is 0. The molecule has 1 aromatic carbocycles. The largest absolute Gasteiger partial charge is 0.382 e. The number of nitrogens with zero attached hydrogens (tertiary/aromatic N) is 2. The van der Waals surface area contributed by atoms with Gasteiger partial charge in [-0.1, -0.05) is 26.0 Å². The minimum absolute atomic E-state index is 0.195. The van der Waals surface area contributed by atoms with Gasteiger partial charge < -0.3 is 19.9 Å². The van der Waals surface area contributed by atoms with Crippen molar-refractivity contribution in [3.8, 4) is 0 Å². The number of hydrogen-bond acceptors (Lipinski definition) is 3. The van der Waals surface area contributed by atoms with Crippen molar-refractivity contribution in [2.24, 2.45) is 0 Å². The smallest absolute Gasteiger partial charge is 0.319 e. The van der Waals surface area contributed by atoms with Crippen LogP contribution in [0.5, 0.6) is 0 Å². The number of carbonyl (C=O) groups is 1. The van der Waals surface area contributed by atoms with Crippen molar-refractivity contribution in [3.63, 3.8) is 0 Å². The number of amides is 2. The highest BCUT2D eigenvalue weighted by Crippen LogP contribution is 2.16. The Labute approximate surface area is 149 Å². The molecule has 0 unspecified atom stereocenters. The number of imidazole rings is 1. The number of aromatic nitrogens is 2. The molecule has 0 radical (unpaired) electrons. The fraction of sp³-hybridized carbons (Fsp3) is 0.474. The van der Waals surface area contributed by atoms with Crippen LogP contribution < -0.4 is 10.6 Å². The topological polar surface area (TPSA) is 68.2 Å². The maximum atomic E-state index is 11.9. The summed E-state index contributed by atoms with van der Waals surface area (Å²) in [5.74, 6) is 1.43. The van der Waals surface area contributed by atoms with Crippen molar-refractivity contribution in [3.05, 3.63) is 48.0 Å². The molecular formula is C19H28N4O2. The lowest BCUT2D eigenvalue weighted by Gasteiger charge is -2.12. The fourth-order valence-corrected chi connectivity index (χ4v) is 2.60. The van der Waals surface area contributed by atoms with Crippen LogP contribution in [0, 0.1) is 0 Å². The molecule has 0 saturated heterocycles. The molecule has 0 atom stereocenters. The van der Waals surface area contributed by atoms with E-state index in [1.807, 2.05) is 37.5 Å². The van der Waals surface area contributed by atoms with E-state index in [0.29, 0.717) is 25.7 Å². The molecule has 2 N–H and O–H groups in total. The number of benzene rings is 1. The number of carbonyl (C=O) groups excluding carboxylic acids is 1. The van der Waals surface area contributed by atoms with Crippen LogP contribution in [-0.4, -0.2) is 35.3 Å². The van der Waals surface area contributed by atoms with E-state index >= 15 is 0 Å². The summed E-state index contributed by atoms with van der Waals surface area (Å²) < 4.78 is 7.38. The summed E-state index contributed by atoms with van der Waals surface area (Å²) in [5, 5.41) is 5.71. The van der Waals surface area contributed by atoms with Gasteiger partial charge in [0.1, 0.15) is 5.82 Å². The summed E-state index contributed by atoms with van der Waals surface area (Å²) in [6, 6.07) is 7.69. The van der Waals surface area contributed by atoms with Crippen LogP contribution in [0.2, 0.25) is 0 Å². The SMILES string of the molecule is CCOCCCNC(=O)Nc1cccc(Cn2ccnc2C(C)C)c1. The highest BCUT2D eigenvalue weighted by molar-refractivity contribution is 5.89. The molecule has 2 rings (SSSR count). The molecule has 6 heteroatoms. The summed E-state index contributed by atoms with van der Waals surface area (Å²) in [7, 11) is 0. The molecule has 2 aromatic rings. The van der Waals surface area contributed by atoms with Gasteiger partial charge in [-0.25, -0.2) is 9.78 Å². The van der Waals surface area contributed by atoms with E-state index in [0.717, 1.165) is 30.0 Å². The Morgan fingerprint density at radius 2 is 2.20 bits per heavy atom. The van der Waals surface area contributed by atoms with Crippen molar-refractivity contribution in [1.82, 2.24) is 14.9 Å². The van der Waals surface area contributed by atoms with E-state index in [4.69, 9.17) is 4.74 Å². The second-order valence-corrected chi connectivity index (χ2v) is 6.20. The van der Waals surface area contributed by atoms with Gasteiger partial charge >= 0.3 is 6.03 Å². The van der Waals surface area contributed by atoms with Gasteiger partial charge in [-0.15, -0.1) is 0 Å². The first-order chi connectivity index (χ1) is 12.1. The molecule has 0 bridgehead atoms. The summed E-state index contributed by atoms with van der Waals surface area (Å²) in [5.41, 5.74) is 1.90. The highest BCUT2D eigenvalue weighted by Gasteiger charge is 2.08. The predicted octanol–water partition coefficient (Wildman–Crippen LogP) is 3.60. The average molecular weight is 344 g/mol. The van der Waals surface area contributed by atoms with Crippen molar-refractivity contribution < 1.29 is 9.53 Å². The van der Waals surface area contributed by atoms with E-state index < -0.39 is 0 Å². The van der Waals surface area contributed by atoms with Gasteiger partial charge in [-0.3, -0.25) is 0 Å². The molecule has 6 nitrogen and oxygen atoms in total. The van der Waals surface area contributed by atoms with Gasteiger partial charge in [-0.2, -0.15) is 0 Å². The van der Waals surface area contributed by atoms with E-state index in [1.54, 1.807) is 0 Å². The molecule has 0 saturated carbocycles. The molecule has 25 heavy (non-hydrogen) atoms. The van der Waals surface area contributed by atoms with E-state index in [9.17, 15) is 4.79 Å². The van der Waals surface area contributed by atoms with Gasteiger partial charge in [0.25, 0.3) is 0 Å². The lowest BCUT2D eigenvalue weighted by molar-refractivity contribution is 0.145. The van der Waals surface area contributed by atoms with Crippen LogP contribution in [0.25, 0.3) is 0 Å². The first-order valence-corrected chi connectivity index (χ1v) is 8.82. The molecule has 0 fully saturated rings. The van der Waals surface area contributed by atoms with Crippen molar-refractivity contribution in [1.29, 1.82) is 0 Å². The number of ether oxygens (including phenoxy) is 1. The molecule has 0 aliphatic rings. The zero-order valence-corrected chi connectivity index (χ0v) is 15.3. The zero-order valence-electron chi connectivity index (χ0n) is 15.3. The Morgan fingerprint density at radius 1 is 1.36 bits per heavy atom. The molecule has 0 aliphatic heterocycles. The maximum Gasteiger partial charge on any atom is 0.319 e. The molecule has 1 aromatic heterocycles. The first kappa shape index (κ1) is 19.0. The minimum atomic E-state index is -0.195. The van der Waals surface area contributed by atoms with Crippen molar-refractivity contribution in [2.45, 2.75) is 39.7 Å². The van der Waals surface area contributed by atoms with Gasteiger partial charge in [0.05, 0.1) is 0 Å². The first-order valence-electron chi connectivity index (χ1n) is 8.82. The molecular weight excluding hydrogens is 316 g/mol. The highest BCUT2D eigenvalue weighted by atomic mass is 16.5. The number of rotatable bonds is 9. The standard InChI is InChI=1S/C19H28N4O2/c1-4-25-12-6-9-21-19(24)22-17-8-5-7-16(13-17)14-23-11-10-20-18(23)15(2)3/h5,7-8,10-11,13,15H,4,6,9,12,14H2,1-3H3,(H2,21,22,24).